The highest BCUT2D eigenvalue weighted by molar-refractivity contribution is 6.46. The number of benzene rings is 2. The summed E-state index contributed by atoms with van der Waals surface area (Å²) < 4.78 is 16.3. The Kier molecular flexibility index (Phi) is 7.87. The highest BCUT2D eigenvalue weighted by Crippen LogP contribution is 2.43. The number of halogens is 1. The van der Waals surface area contributed by atoms with Crippen molar-refractivity contribution in [1.82, 2.24) is 4.90 Å². The van der Waals surface area contributed by atoms with E-state index in [4.69, 9.17) is 25.8 Å². The van der Waals surface area contributed by atoms with Crippen molar-refractivity contribution in [3.8, 4) is 17.2 Å². The van der Waals surface area contributed by atoms with E-state index in [9.17, 15) is 14.7 Å². The molecule has 8 heteroatoms. The molecule has 1 aliphatic heterocycles. The summed E-state index contributed by atoms with van der Waals surface area (Å²) >= 11 is 6.27. The van der Waals surface area contributed by atoms with Gasteiger partial charge in [0.25, 0.3) is 11.7 Å². The fraction of sp³-hybridized carbons (Fsp3) is 0.360. The van der Waals surface area contributed by atoms with Crippen LogP contribution in [0, 0.1) is 0 Å². The summed E-state index contributed by atoms with van der Waals surface area (Å²) in [5.74, 6) is -0.464. The number of hydrogen-bond acceptors (Lipinski definition) is 6. The Hall–Kier alpha value is -3.19. The van der Waals surface area contributed by atoms with Crippen LogP contribution in [0.25, 0.3) is 5.76 Å². The molecule has 0 radical (unpaired) electrons. The van der Waals surface area contributed by atoms with Crippen LogP contribution in [0.1, 0.15) is 43.9 Å². The van der Waals surface area contributed by atoms with Gasteiger partial charge in [0.15, 0.2) is 0 Å². The molecule has 1 N–H and O–H groups in total. The van der Waals surface area contributed by atoms with Gasteiger partial charge in [0, 0.05) is 12.6 Å². The molecule has 2 aromatic rings. The predicted molar refractivity (Wildman–Crippen MR) is 126 cm³/mol. The number of methoxy groups -OCH3 is 2. The van der Waals surface area contributed by atoms with Crippen molar-refractivity contribution in [2.24, 2.45) is 0 Å². The van der Waals surface area contributed by atoms with Gasteiger partial charge >= 0.3 is 0 Å². The van der Waals surface area contributed by atoms with E-state index in [0.29, 0.717) is 36.6 Å². The minimum Gasteiger partial charge on any atom is -0.507 e. The molecule has 7 nitrogen and oxygen atoms in total. The molecule has 0 saturated carbocycles. The first kappa shape index (κ1) is 24.5. The van der Waals surface area contributed by atoms with E-state index in [-0.39, 0.29) is 27.7 Å². The molecule has 1 fully saturated rings. The smallest absolute Gasteiger partial charge is 0.295 e. The molecule has 0 bridgehead atoms. The normalized spacial score (nSPS) is 17.4. The maximum absolute atomic E-state index is 13.1. The van der Waals surface area contributed by atoms with Gasteiger partial charge in [-0.15, -0.1) is 0 Å². The van der Waals surface area contributed by atoms with Crippen molar-refractivity contribution in [2.45, 2.75) is 32.7 Å². The van der Waals surface area contributed by atoms with Crippen LogP contribution in [0.4, 0.5) is 0 Å². The van der Waals surface area contributed by atoms with Gasteiger partial charge in [-0.05, 0) is 36.6 Å². The first-order valence-electron chi connectivity index (χ1n) is 10.8. The molecule has 3 rings (SSSR count). The Balaban J connectivity index is 2.17. The van der Waals surface area contributed by atoms with E-state index >= 15 is 0 Å². The lowest BCUT2D eigenvalue weighted by atomic mass is 9.94. The number of carbonyl (C=O) groups is 2. The molecule has 0 aliphatic carbocycles. The average Bonchev–Trinajstić information content (AvgIpc) is 3.07. The molecule has 176 valence electrons. The van der Waals surface area contributed by atoms with Crippen molar-refractivity contribution in [3.05, 3.63) is 58.1 Å². The summed E-state index contributed by atoms with van der Waals surface area (Å²) in [5, 5.41) is 11.5. The van der Waals surface area contributed by atoms with E-state index in [2.05, 4.69) is 0 Å². The van der Waals surface area contributed by atoms with E-state index in [1.54, 1.807) is 24.3 Å². The van der Waals surface area contributed by atoms with Crippen LogP contribution in [0.2, 0.25) is 5.02 Å². The minimum absolute atomic E-state index is 0.0183. The number of hydrogen-bond donors (Lipinski definition) is 1. The predicted octanol–water partition coefficient (Wildman–Crippen LogP) is 4.98. The summed E-state index contributed by atoms with van der Waals surface area (Å²) in [6.07, 6.45) is 1.53. The third-order valence-electron chi connectivity index (χ3n) is 5.40. The van der Waals surface area contributed by atoms with Crippen molar-refractivity contribution in [2.75, 3.05) is 27.4 Å². The van der Waals surface area contributed by atoms with Gasteiger partial charge < -0.3 is 24.2 Å². The molecule has 1 saturated heterocycles. The summed E-state index contributed by atoms with van der Waals surface area (Å²) in [5.41, 5.74) is 0.868. The first-order valence-corrected chi connectivity index (χ1v) is 11.2. The molecule has 0 aromatic heterocycles. The van der Waals surface area contributed by atoms with Crippen LogP contribution in [0.5, 0.6) is 17.2 Å². The molecular formula is C25H28ClNO6. The van der Waals surface area contributed by atoms with E-state index < -0.39 is 17.7 Å². The first-order chi connectivity index (χ1) is 15.9. The zero-order chi connectivity index (χ0) is 24.1. The molecule has 1 atom stereocenters. The van der Waals surface area contributed by atoms with Gasteiger partial charge in [0.2, 0.25) is 0 Å². The third-order valence-corrected chi connectivity index (χ3v) is 5.70. The number of ether oxygens (including phenoxy) is 3. The van der Waals surface area contributed by atoms with E-state index in [0.717, 1.165) is 6.42 Å². The Labute approximate surface area is 198 Å². The molecule has 1 amide bonds. The third kappa shape index (κ3) is 4.78. The highest BCUT2D eigenvalue weighted by atomic mass is 35.5. The number of ketones is 1. The number of aliphatic hydroxyl groups excluding tert-OH is 1. The van der Waals surface area contributed by atoms with Gasteiger partial charge in [-0.25, -0.2) is 0 Å². The van der Waals surface area contributed by atoms with Crippen molar-refractivity contribution in [3.63, 3.8) is 0 Å². The molecule has 2 aromatic carbocycles. The minimum atomic E-state index is -0.758. The standard InChI is InChI=1S/C25H28ClNO6/c1-5-11-27-22(15-7-9-16(10-8-15)33-12-6-2)21(24(29)25(27)30)23(28)17-13-18(26)20(32-4)14-19(17)31-3/h7-10,13-14,22,28H,5-6,11-12H2,1-4H3/b23-21+. The Morgan fingerprint density at radius 3 is 2.27 bits per heavy atom. The SMILES string of the molecule is CCCOc1ccc(C2/C(=C(\O)c3cc(Cl)c(OC)cc3OC)C(=O)C(=O)N2CCC)cc1. The molecule has 1 heterocycles. The summed E-state index contributed by atoms with van der Waals surface area (Å²) in [7, 11) is 2.89. The Bertz CT molecular complexity index is 1060. The summed E-state index contributed by atoms with van der Waals surface area (Å²) in [4.78, 5) is 27.4. The number of nitrogens with zero attached hydrogens (tertiary/aromatic N) is 1. The van der Waals surface area contributed by atoms with Crippen LogP contribution in [-0.4, -0.2) is 49.1 Å². The van der Waals surface area contributed by atoms with Crippen LogP contribution in [0.15, 0.2) is 42.0 Å². The lowest BCUT2D eigenvalue weighted by Crippen LogP contribution is -2.30. The zero-order valence-electron chi connectivity index (χ0n) is 19.2. The van der Waals surface area contributed by atoms with Crippen LogP contribution in [-0.2, 0) is 9.59 Å². The van der Waals surface area contributed by atoms with Crippen LogP contribution in [0.3, 0.4) is 0 Å². The van der Waals surface area contributed by atoms with Gasteiger partial charge in [-0.2, -0.15) is 0 Å². The molecule has 1 unspecified atom stereocenters. The second kappa shape index (κ2) is 10.6. The topological polar surface area (TPSA) is 85.3 Å². The van der Waals surface area contributed by atoms with Gasteiger partial charge in [0.05, 0.1) is 43.0 Å². The Morgan fingerprint density at radius 2 is 1.70 bits per heavy atom. The second-order valence-corrected chi connectivity index (χ2v) is 8.00. The average molecular weight is 474 g/mol. The summed E-state index contributed by atoms with van der Waals surface area (Å²) in [6.45, 7) is 4.89. The molecule has 1 aliphatic rings. The van der Waals surface area contributed by atoms with Crippen molar-refractivity contribution >= 4 is 29.1 Å². The van der Waals surface area contributed by atoms with E-state index in [1.165, 1.54) is 31.3 Å². The van der Waals surface area contributed by atoms with Gasteiger partial charge in [-0.3, -0.25) is 9.59 Å². The highest BCUT2D eigenvalue weighted by Gasteiger charge is 2.46. The number of aliphatic hydroxyl groups is 1. The van der Waals surface area contributed by atoms with Crippen LogP contribution < -0.4 is 14.2 Å². The van der Waals surface area contributed by atoms with E-state index in [1.807, 2.05) is 13.8 Å². The van der Waals surface area contributed by atoms with Gasteiger partial charge in [0.1, 0.15) is 23.0 Å². The molecule has 33 heavy (non-hydrogen) atoms. The number of carbonyl (C=O) groups excluding carboxylic acids is 2. The maximum atomic E-state index is 13.1. The van der Waals surface area contributed by atoms with Crippen molar-refractivity contribution < 1.29 is 28.9 Å². The van der Waals surface area contributed by atoms with Crippen LogP contribution >= 0.6 is 11.6 Å². The monoisotopic (exact) mass is 473 g/mol. The number of likely N-dealkylation sites (tertiary alicyclic amines) is 1. The fourth-order valence-electron chi connectivity index (χ4n) is 3.85. The second-order valence-electron chi connectivity index (χ2n) is 7.60. The quantitative estimate of drug-likeness (QED) is 0.314. The maximum Gasteiger partial charge on any atom is 0.295 e. The summed E-state index contributed by atoms with van der Waals surface area (Å²) in [6, 6.07) is 9.42. The largest absolute Gasteiger partial charge is 0.507 e. The van der Waals surface area contributed by atoms with Crippen molar-refractivity contribution in [1.29, 1.82) is 0 Å². The molecule has 0 spiro atoms. The fourth-order valence-corrected chi connectivity index (χ4v) is 4.10. The lowest BCUT2D eigenvalue weighted by molar-refractivity contribution is -0.139. The zero-order valence-corrected chi connectivity index (χ0v) is 19.9. The number of amides is 1. The molecular weight excluding hydrogens is 446 g/mol. The number of rotatable bonds is 9. The van der Waals surface area contributed by atoms with Gasteiger partial charge in [-0.1, -0.05) is 37.6 Å². The number of Topliss-reactive ketones (excluding diaryl/α,β-unsaturated/α-hetero) is 1. The Morgan fingerprint density at radius 1 is 1.03 bits per heavy atom. The lowest BCUT2D eigenvalue weighted by Gasteiger charge is -2.25.